The van der Waals surface area contributed by atoms with Crippen molar-refractivity contribution in [2.45, 2.75) is 26.2 Å². The lowest BCUT2D eigenvalue weighted by molar-refractivity contribution is -0.268. The summed E-state index contributed by atoms with van der Waals surface area (Å²) in [5, 5.41) is 23.4. The second kappa shape index (κ2) is 6.52. The van der Waals surface area contributed by atoms with Gasteiger partial charge in [0.15, 0.2) is 0 Å². The molecule has 0 spiro atoms. The Labute approximate surface area is 169 Å². The molecule has 0 radical (unpaired) electrons. The Morgan fingerprint density at radius 1 is 0.966 bits per heavy atom. The number of ether oxygens (including phenoxy) is 1. The highest BCUT2D eigenvalue weighted by Gasteiger charge is 2.25. The van der Waals surface area contributed by atoms with Crippen LogP contribution in [0.25, 0.3) is 12.2 Å². The van der Waals surface area contributed by atoms with Gasteiger partial charge in [-0.25, -0.2) is 4.79 Å². The van der Waals surface area contributed by atoms with Gasteiger partial charge in [0.1, 0.15) is 11.5 Å². The molecule has 3 aromatic carbocycles. The van der Waals surface area contributed by atoms with E-state index < -0.39 is 5.97 Å². The summed E-state index contributed by atoms with van der Waals surface area (Å²) in [4.78, 5) is 12.2. The molecule has 0 aromatic heterocycles. The van der Waals surface area contributed by atoms with Crippen LogP contribution in [0.5, 0.6) is 17.2 Å². The monoisotopic (exact) mass is 385 g/mol. The van der Waals surface area contributed by atoms with Crippen LogP contribution in [0.1, 0.15) is 47.8 Å². The van der Waals surface area contributed by atoms with Crippen LogP contribution in [-0.2, 0) is 5.41 Å². The van der Waals surface area contributed by atoms with Crippen LogP contribution in [0.3, 0.4) is 0 Å². The standard InChI is InChI=1S/C25H22O4/c1-14-5-8-18-21(11-14)29-22-13-16(26)7-10-19(22)23(18)17-9-6-15(25(2,3)4)12-20(17)24(27)28/h5-13,26H,1H2,2-4H3,(H,27,28)/p-1. The smallest absolute Gasteiger partial charge is 0.336 e. The minimum absolute atomic E-state index is 0.168. The second-order valence-corrected chi connectivity index (χ2v) is 8.28. The molecule has 1 aliphatic heterocycles. The minimum atomic E-state index is -0.998. The predicted octanol–water partition coefficient (Wildman–Crippen LogP) is 3.52. The maximum atomic E-state index is 12.2. The summed E-state index contributed by atoms with van der Waals surface area (Å²) in [6.45, 7) is 10.1. The SMILES string of the molecule is C=c1ccc2c(c1)Oc1cc([O-])ccc1C=2c1ccc(C(C)(C)C)cc1C(=O)O. The predicted molar refractivity (Wildman–Crippen MR) is 111 cm³/mol. The molecule has 0 amide bonds. The highest BCUT2D eigenvalue weighted by Crippen LogP contribution is 2.39. The fourth-order valence-corrected chi connectivity index (χ4v) is 3.61. The lowest BCUT2D eigenvalue weighted by atomic mass is 9.82. The van der Waals surface area contributed by atoms with E-state index in [-0.39, 0.29) is 16.7 Å². The molecular weight excluding hydrogens is 364 g/mol. The van der Waals surface area contributed by atoms with Crippen molar-refractivity contribution in [3.63, 3.8) is 0 Å². The van der Waals surface area contributed by atoms with Gasteiger partial charge in [-0.15, -0.1) is 5.75 Å². The van der Waals surface area contributed by atoms with Crippen LogP contribution in [0.15, 0.2) is 54.6 Å². The van der Waals surface area contributed by atoms with Crippen molar-refractivity contribution >= 4 is 18.1 Å². The molecule has 0 fully saturated rings. The van der Waals surface area contributed by atoms with E-state index in [0.717, 1.165) is 21.6 Å². The van der Waals surface area contributed by atoms with Crippen molar-refractivity contribution in [1.29, 1.82) is 0 Å². The van der Waals surface area contributed by atoms with Gasteiger partial charge in [0.05, 0.1) is 5.56 Å². The minimum Gasteiger partial charge on any atom is -0.872 e. The summed E-state index contributed by atoms with van der Waals surface area (Å²) in [5.41, 5.74) is 3.00. The van der Waals surface area contributed by atoms with Gasteiger partial charge in [0.25, 0.3) is 0 Å². The molecule has 4 nitrogen and oxygen atoms in total. The van der Waals surface area contributed by atoms with Gasteiger partial charge in [-0.1, -0.05) is 63.7 Å². The first kappa shape index (κ1) is 18.8. The Kier molecular flexibility index (Phi) is 4.23. The summed E-state index contributed by atoms with van der Waals surface area (Å²) in [6, 6.07) is 15.7. The number of carbonyl (C=O) groups is 1. The van der Waals surface area contributed by atoms with Crippen molar-refractivity contribution in [2.24, 2.45) is 0 Å². The van der Waals surface area contributed by atoms with Crippen LogP contribution in [-0.4, -0.2) is 11.1 Å². The zero-order valence-corrected chi connectivity index (χ0v) is 16.6. The van der Waals surface area contributed by atoms with Crippen LogP contribution in [0.2, 0.25) is 0 Å². The van der Waals surface area contributed by atoms with Crippen molar-refractivity contribution < 1.29 is 19.7 Å². The Bertz CT molecular complexity index is 1260. The average molecular weight is 385 g/mol. The molecule has 0 aliphatic carbocycles. The van der Waals surface area contributed by atoms with Crippen LogP contribution in [0.4, 0.5) is 0 Å². The van der Waals surface area contributed by atoms with E-state index in [4.69, 9.17) is 4.74 Å². The number of carboxylic acids is 1. The first-order valence-corrected chi connectivity index (χ1v) is 9.36. The zero-order chi connectivity index (χ0) is 20.9. The number of hydrogen-bond donors (Lipinski definition) is 1. The van der Waals surface area contributed by atoms with Crippen LogP contribution in [0, 0.1) is 0 Å². The number of fused-ring (bicyclic) bond motifs is 2. The Morgan fingerprint density at radius 2 is 1.69 bits per heavy atom. The Hall–Kier alpha value is -3.53. The van der Waals surface area contributed by atoms with Crippen molar-refractivity contribution in [3.05, 3.63) is 87.3 Å². The highest BCUT2D eigenvalue weighted by atomic mass is 16.5. The fourth-order valence-electron chi connectivity index (χ4n) is 3.61. The molecular formula is C25H21O4-. The summed E-state index contributed by atoms with van der Waals surface area (Å²) >= 11 is 0. The molecule has 4 heteroatoms. The number of rotatable bonds is 2. The van der Waals surface area contributed by atoms with E-state index in [0.29, 0.717) is 22.6 Å². The molecule has 0 saturated carbocycles. The molecule has 29 heavy (non-hydrogen) atoms. The first-order valence-electron chi connectivity index (χ1n) is 9.36. The van der Waals surface area contributed by atoms with E-state index in [9.17, 15) is 15.0 Å². The summed E-state index contributed by atoms with van der Waals surface area (Å²) < 4.78 is 5.96. The van der Waals surface area contributed by atoms with E-state index >= 15 is 0 Å². The molecule has 0 atom stereocenters. The number of benzene rings is 3. The third-order valence-electron chi connectivity index (χ3n) is 5.14. The van der Waals surface area contributed by atoms with E-state index in [1.165, 1.54) is 12.1 Å². The fraction of sp³-hybridized carbons (Fsp3) is 0.160. The molecule has 0 saturated heterocycles. The third-order valence-corrected chi connectivity index (χ3v) is 5.14. The van der Waals surface area contributed by atoms with Crippen molar-refractivity contribution in [2.75, 3.05) is 0 Å². The topological polar surface area (TPSA) is 69.6 Å². The van der Waals surface area contributed by atoms with Crippen molar-refractivity contribution in [1.82, 2.24) is 0 Å². The van der Waals surface area contributed by atoms with Gasteiger partial charge in [0, 0.05) is 16.4 Å². The van der Waals surface area contributed by atoms with Gasteiger partial charge in [-0.05, 0) is 40.0 Å². The van der Waals surface area contributed by atoms with Gasteiger partial charge < -0.3 is 14.9 Å². The Balaban J connectivity index is 2.11. The van der Waals surface area contributed by atoms with Gasteiger partial charge in [-0.2, -0.15) is 0 Å². The Morgan fingerprint density at radius 3 is 2.38 bits per heavy atom. The lowest BCUT2D eigenvalue weighted by Crippen LogP contribution is -2.21. The van der Waals surface area contributed by atoms with Crippen LogP contribution >= 0.6 is 0 Å². The molecule has 1 aliphatic rings. The maximum absolute atomic E-state index is 12.2. The second-order valence-electron chi connectivity index (χ2n) is 8.28. The molecule has 146 valence electrons. The number of aromatic carboxylic acids is 1. The largest absolute Gasteiger partial charge is 0.872 e. The third kappa shape index (κ3) is 3.27. The summed E-state index contributed by atoms with van der Waals surface area (Å²) in [5.74, 6) is -0.190. The van der Waals surface area contributed by atoms with E-state index in [1.54, 1.807) is 18.2 Å². The van der Waals surface area contributed by atoms with Gasteiger partial charge in [0.2, 0.25) is 0 Å². The molecule has 4 rings (SSSR count). The van der Waals surface area contributed by atoms with Gasteiger partial charge >= 0.3 is 5.97 Å². The molecule has 3 aromatic rings. The molecule has 0 unspecified atom stereocenters. The quantitative estimate of drug-likeness (QED) is 0.573. The first-order chi connectivity index (χ1) is 13.6. The number of hydrogen-bond acceptors (Lipinski definition) is 3. The summed E-state index contributed by atoms with van der Waals surface area (Å²) in [7, 11) is 0. The average Bonchev–Trinajstić information content (AvgIpc) is 2.64. The maximum Gasteiger partial charge on any atom is 0.336 e. The number of carboxylic acid groups (broad SMARTS) is 1. The van der Waals surface area contributed by atoms with E-state index in [1.807, 2.05) is 45.0 Å². The van der Waals surface area contributed by atoms with Crippen molar-refractivity contribution in [3.8, 4) is 17.2 Å². The van der Waals surface area contributed by atoms with Crippen LogP contribution < -0.4 is 20.3 Å². The summed E-state index contributed by atoms with van der Waals surface area (Å²) in [6.07, 6.45) is 0. The molecule has 1 heterocycles. The highest BCUT2D eigenvalue weighted by molar-refractivity contribution is 5.98. The molecule has 1 N–H and O–H groups in total. The van der Waals surface area contributed by atoms with E-state index in [2.05, 4.69) is 6.58 Å². The molecule has 0 bridgehead atoms. The lowest BCUT2D eigenvalue weighted by Gasteiger charge is -2.25. The normalized spacial score (nSPS) is 12.7. The zero-order valence-electron chi connectivity index (χ0n) is 16.6. The van der Waals surface area contributed by atoms with Gasteiger partial charge in [-0.3, -0.25) is 0 Å².